The highest BCUT2D eigenvalue weighted by molar-refractivity contribution is 7.99. The van der Waals surface area contributed by atoms with E-state index in [0.717, 1.165) is 12.8 Å². The Morgan fingerprint density at radius 1 is 1.33 bits per heavy atom. The number of amides is 1. The van der Waals surface area contributed by atoms with Crippen molar-refractivity contribution in [2.24, 2.45) is 0 Å². The van der Waals surface area contributed by atoms with Crippen molar-refractivity contribution in [3.8, 4) is 5.75 Å². The SMILES string of the molecule is CCCCn1c(SCC(=O)Nc2ccccc2OC)nc2ccsc2c1=O. The van der Waals surface area contributed by atoms with E-state index in [4.69, 9.17) is 4.74 Å². The summed E-state index contributed by atoms with van der Waals surface area (Å²) < 4.78 is 7.59. The van der Waals surface area contributed by atoms with Crippen molar-refractivity contribution in [2.45, 2.75) is 31.5 Å². The number of methoxy groups -OCH3 is 1. The van der Waals surface area contributed by atoms with Crippen LogP contribution >= 0.6 is 23.1 Å². The number of rotatable bonds is 8. The molecule has 3 aromatic rings. The fraction of sp³-hybridized carbons (Fsp3) is 0.316. The zero-order valence-corrected chi connectivity index (χ0v) is 16.9. The van der Waals surface area contributed by atoms with Crippen molar-refractivity contribution < 1.29 is 9.53 Å². The van der Waals surface area contributed by atoms with E-state index in [2.05, 4.69) is 17.2 Å². The van der Waals surface area contributed by atoms with E-state index in [1.165, 1.54) is 23.1 Å². The molecule has 0 aliphatic carbocycles. The second-order valence-corrected chi connectivity index (χ2v) is 7.74. The summed E-state index contributed by atoms with van der Waals surface area (Å²) in [6.07, 6.45) is 1.87. The maximum atomic E-state index is 12.7. The molecule has 3 rings (SSSR count). The third kappa shape index (κ3) is 4.51. The van der Waals surface area contributed by atoms with Crippen molar-refractivity contribution in [1.29, 1.82) is 0 Å². The average Bonchev–Trinajstić information content (AvgIpc) is 3.15. The number of carbonyl (C=O) groups is 1. The summed E-state index contributed by atoms with van der Waals surface area (Å²) in [6.45, 7) is 2.68. The van der Waals surface area contributed by atoms with Gasteiger partial charge in [0, 0.05) is 6.54 Å². The molecule has 0 spiro atoms. The molecular weight excluding hydrogens is 382 g/mol. The molecule has 0 saturated heterocycles. The molecule has 1 N–H and O–H groups in total. The van der Waals surface area contributed by atoms with E-state index in [9.17, 15) is 9.59 Å². The summed E-state index contributed by atoms with van der Waals surface area (Å²) in [6, 6.07) is 9.09. The van der Waals surface area contributed by atoms with Crippen molar-refractivity contribution >= 4 is 44.9 Å². The molecule has 0 fully saturated rings. The zero-order chi connectivity index (χ0) is 19.2. The lowest BCUT2D eigenvalue weighted by molar-refractivity contribution is -0.113. The van der Waals surface area contributed by atoms with Gasteiger partial charge < -0.3 is 10.1 Å². The molecular formula is C19H21N3O3S2. The summed E-state index contributed by atoms with van der Waals surface area (Å²) in [7, 11) is 1.56. The molecule has 6 nitrogen and oxygen atoms in total. The van der Waals surface area contributed by atoms with E-state index < -0.39 is 0 Å². The van der Waals surface area contributed by atoms with Crippen molar-refractivity contribution in [3.63, 3.8) is 0 Å². The summed E-state index contributed by atoms with van der Waals surface area (Å²) in [5.41, 5.74) is 1.27. The number of thiophene rings is 1. The second-order valence-electron chi connectivity index (χ2n) is 5.88. The molecule has 8 heteroatoms. The van der Waals surface area contributed by atoms with Crippen LogP contribution in [0.2, 0.25) is 0 Å². The van der Waals surface area contributed by atoms with Gasteiger partial charge in [-0.05, 0) is 30.0 Å². The lowest BCUT2D eigenvalue weighted by Crippen LogP contribution is -2.23. The Bertz CT molecular complexity index is 997. The van der Waals surface area contributed by atoms with Crippen LogP contribution in [-0.4, -0.2) is 28.3 Å². The van der Waals surface area contributed by atoms with E-state index in [1.807, 2.05) is 23.6 Å². The Kier molecular flexibility index (Phi) is 6.52. The minimum Gasteiger partial charge on any atom is -0.495 e. The highest BCUT2D eigenvalue weighted by Crippen LogP contribution is 2.25. The molecule has 0 aliphatic heterocycles. The third-order valence-corrected chi connectivity index (χ3v) is 5.85. The monoisotopic (exact) mass is 403 g/mol. The van der Waals surface area contributed by atoms with Gasteiger partial charge in [0.1, 0.15) is 10.4 Å². The summed E-state index contributed by atoms with van der Waals surface area (Å²) in [5.74, 6) is 0.589. The average molecular weight is 404 g/mol. The van der Waals surface area contributed by atoms with Gasteiger partial charge in [-0.15, -0.1) is 11.3 Å². The Morgan fingerprint density at radius 3 is 2.93 bits per heavy atom. The number of hydrogen-bond acceptors (Lipinski definition) is 6. The molecule has 27 heavy (non-hydrogen) atoms. The van der Waals surface area contributed by atoms with Crippen LogP contribution in [0, 0.1) is 0 Å². The molecule has 2 aromatic heterocycles. The van der Waals surface area contributed by atoms with Crippen molar-refractivity contribution in [3.05, 3.63) is 46.1 Å². The number of fused-ring (bicyclic) bond motifs is 1. The highest BCUT2D eigenvalue weighted by atomic mass is 32.2. The standard InChI is InChI=1S/C19H21N3O3S2/c1-3-4-10-22-18(24)17-14(9-11-26-17)21-19(22)27-12-16(23)20-13-7-5-6-8-15(13)25-2/h5-9,11H,3-4,10,12H2,1-2H3,(H,20,23). The number of carbonyl (C=O) groups excluding carboxylic acids is 1. The van der Waals surface area contributed by atoms with Crippen LogP contribution in [0.1, 0.15) is 19.8 Å². The van der Waals surface area contributed by atoms with Gasteiger partial charge in [0.25, 0.3) is 5.56 Å². The molecule has 0 unspecified atom stereocenters. The predicted molar refractivity (Wildman–Crippen MR) is 111 cm³/mol. The predicted octanol–water partition coefficient (Wildman–Crippen LogP) is 4.00. The van der Waals surface area contributed by atoms with Gasteiger partial charge in [0.05, 0.1) is 24.1 Å². The van der Waals surface area contributed by atoms with Crippen molar-refractivity contribution in [2.75, 3.05) is 18.2 Å². The zero-order valence-electron chi connectivity index (χ0n) is 15.2. The first-order valence-electron chi connectivity index (χ1n) is 8.67. The maximum absolute atomic E-state index is 12.7. The van der Waals surface area contributed by atoms with Crippen LogP contribution in [0.15, 0.2) is 45.7 Å². The second kappa shape index (κ2) is 9.05. The van der Waals surface area contributed by atoms with Crippen LogP contribution in [0.3, 0.4) is 0 Å². The molecule has 0 radical (unpaired) electrons. The van der Waals surface area contributed by atoms with E-state index in [-0.39, 0.29) is 17.2 Å². The number of nitrogens with zero attached hydrogens (tertiary/aromatic N) is 2. The van der Waals surface area contributed by atoms with Crippen LogP contribution in [0.5, 0.6) is 5.75 Å². The van der Waals surface area contributed by atoms with Gasteiger partial charge in [-0.3, -0.25) is 14.2 Å². The van der Waals surface area contributed by atoms with Crippen LogP contribution in [0.4, 0.5) is 5.69 Å². The number of para-hydroxylation sites is 2. The maximum Gasteiger partial charge on any atom is 0.272 e. The van der Waals surface area contributed by atoms with Gasteiger partial charge in [0.15, 0.2) is 5.16 Å². The number of benzene rings is 1. The smallest absolute Gasteiger partial charge is 0.272 e. The van der Waals surface area contributed by atoms with Gasteiger partial charge in [0.2, 0.25) is 5.91 Å². The number of thioether (sulfide) groups is 1. The van der Waals surface area contributed by atoms with Gasteiger partial charge in [-0.1, -0.05) is 37.2 Å². The summed E-state index contributed by atoms with van der Waals surface area (Å²) >= 11 is 2.68. The van der Waals surface area contributed by atoms with Crippen LogP contribution < -0.4 is 15.6 Å². The lowest BCUT2D eigenvalue weighted by Gasteiger charge is -2.12. The molecule has 1 aromatic carbocycles. The Balaban J connectivity index is 1.77. The topological polar surface area (TPSA) is 73.2 Å². The minimum atomic E-state index is -0.175. The normalized spacial score (nSPS) is 10.9. The Labute approximate surface area is 165 Å². The molecule has 1 amide bonds. The number of ether oxygens (including phenoxy) is 1. The molecule has 0 saturated carbocycles. The van der Waals surface area contributed by atoms with Crippen molar-refractivity contribution in [1.82, 2.24) is 9.55 Å². The first-order chi connectivity index (χ1) is 13.1. The summed E-state index contributed by atoms with van der Waals surface area (Å²) in [5, 5.41) is 5.29. The van der Waals surface area contributed by atoms with Crippen LogP contribution in [-0.2, 0) is 11.3 Å². The third-order valence-electron chi connectivity index (χ3n) is 3.98. The Morgan fingerprint density at radius 2 is 2.15 bits per heavy atom. The first-order valence-corrected chi connectivity index (χ1v) is 10.5. The van der Waals surface area contributed by atoms with Gasteiger partial charge in [-0.2, -0.15) is 0 Å². The number of nitrogens with one attached hydrogen (secondary N) is 1. The lowest BCUT2D eigenvalue weighted by atomic mass is 10.3. The number of unbranched alkanes of at least 4 members (excludes halogenated alkanes) is 1. The van der Waals surface area contributed by atoms with Gasteiger partial charge in [-0.25, -0.2) is 4.98 Å². The number of anilines is 1. The van der Waals surface area contributed by atoms with E-state index in [0.29, 0.717) is 33.4 Å². The van der Waals surface area contributed by atoms with E-state index in [1.54, 1.807) is 23.8 Å². The summed E-state index contributed by atoms with van der Waals surface area (Å²) in [4.78, 5) is 29.7. The van der Waals surface area contributed by atoms with E-state index >= 15 is 0 Å². The number of hydrogen-bond donors (Lipinski definition) is 1. The number of aromatic nitrogens is 2. The van der Waals surface area contributed by atoms with Gasteiger partial charge >= 0.3 is 0 Å². The molecule has 0 aliphatic rings. The molecule has 2 heterocycles. The fourth-order valence-corrected chi connectivity index (χ4v) is 4.22. The molecule has 0 bridgehead atoms. The quantitative estimate of drug-likeness (QED) is 0.455. The molecule has 0 atom stereocenters. The largest absolute Gasteiger partial charge is 0.495 e. The Hall–Kier alpha value is -2.32. The van der Waals surface area contributed by atoms with Crippen LogP contribution in [0.25, 0.3) is 10.2 Å². The molecule has 142 valence electrons. The minimum absolute atomic E-state index is 0.0314. The fourth-order valence-electron chi connectivity index (χ4n) is 2.61. The highest BCUT2D eigenvalue weighted by Gasteiger charge is 2.14. The first kappa shape index (κ1) is 19.4.